The SMILES string of the molecule is C=C(/C=C/CC(C)C)[C@H]1CC[C@]2(C)[C@@H]1CC[C@@H]1[C@@]3(C)CCCC(C)(C)[C@@H]3CC[C@]12C. The summed E-state index contributed by atoms with van der Waals surface area (Å²) in [6.45, 7) is 22.6. The monoisotopic (exact) mass is 410 g/mol. The summed E-state index contributed by atoms with van der Waals surface area (Å²) in [7, 11) is 0. The molecule has 0 bridgehead atoms. The topological polar surface area (TPSA) is 0 Å². The second kappa shape index (κ2) is 7.52. The quantitative estimate of drug-likeness (QED) is 0.405. The molecule has 0 nitrogen and oxygen atoms in total. The van der Waals surface area contributed by atoms with Gasteiger partial charge in [0.05, 0.1) is 0 Å². The third-order valence-electron chi connectivity index (χ3n) is 11.6. The van der Waals surface area contributed by atoms with Gasteiger partial charge in [0, 0.05) is 0 Å². The van der Waals surface area contributed by atoms with Gasteiger partial charge >= 0.3 is 0 Å². The maximum Gasteiger partial charge on any atom is -0.0134 e. The van der Waals surface area contributed by atoms with Gasteiger partial charge in [0.25, 0.3) is 0 Å². The summed E-state index contributed by atoms with van der Waals surface area (Å²) in [5.74, 6) is 4.18. The molecule has 30 heavy (non-hydrogen) atoms. The van der Waals surface area contributed by atoms with Crippen LogP contribution in [0.4, 0.5) is 0 Å². The Kier molecular flexibility index (Phi) is 5.68. The molecule has 0 saturated heterocycles. The Morgan fingerprint density at radius 1 is 0.867 bits per heavy atom. The van der Waals surface area contributed by atoms with Crippen molar-refractivity contribution >= 4 is 0 Å². The zero-order valence-electron chi connectivity index (χ0n) is 21.3. The highest BCUT2D eigenvalue weighted by molar-refractivity contribution is 5.25. The normalized spacial score (nSPS) is 47.7. The van der Waals surface area contributed by atoms with Crippen molar-refractivity contribution in [1.29, 1.82) is 0 Å². The lowest BCUT2D eigenvalue weighted by molar-refractivity contribution is -0.201. The number of fused-ring (bicyclic) bond motifs is 5. The van der Waals surface area contributed by atoms with Crippen LogP contribution in [0.15, 0.2) is 24.3 Å². The van der Waals surface area contributed by atoms with Gasteiger partial charge in [-0.1, -0.05) is 79.2 Å². The molecular formula is C30H50. The van der Waals surface area contributed by atoms with Crippen LogP contribution in [0.1, 0.15) is 113 Å². The van der Waals surface area contributed by atoms with E-state index in [1.165, 1.54) is 69.8 Å². The highest BCUT2D eigenvalue weighted by Gasteiger charge is 2.67. The zero-order chi connectivity index (χ0) is 21.9. The first-order valence-electron chi connectivity index (χ1n) is 13.3. The molecule has 0 unspecified atom stereocenters. The minimum absolute atomic E-state index is 0.505. The van der Waals surface area contributed by atoms with Gasteiger partial charge in [-0.3, -0.25) is 0 Å². The highest BCUT2D eigenvalue weighted by Crippen LogP contribution is 2.75. The van der Waals surface area contributed by atoms with E-state index in [9.17, 15) is 0 Å². The number of rotatable bonds is 4. The minimum Gasteiger partial charge on any atom is -0.0955 e. The first kappa shape index (κ1) is 22.7. The third kappa shape index (κ3) is 3.21. The van der Waals surface area contributed by atoms with Crippen molar-refractivity contribution in [2.24, 2.45) is 51.2 Å². The predicted octanol–water partition coefficient (Wildman–Crippen LogP) is 9.22. The van der Waals surface area contributed by atoms with Crippen molar-refractivity contribution in [2.45, 2.75) is 113 Å². The molecule has 0 spiro atoms. The molecule has 0 aromatic heterocycles. The van der Waals surface area contributed by atoms with Gasteiger partial charge < -0.3 is 0 Å². The van der Waals surface area contributed by atoms with Crippen molar-refractivity contribution in [3.63, 3.8) is 0 Å². The van der Waals surface area contributed by atoms with E-state index >= 15 is 0 Å². The van der Waals surface area contributed by atoms with E-state index in [0.29, 0.717) is 21.7 Å². The second-order valence-electron chi connectivity index (χ2n) is 13.8. The van der Waals surface area contributed by atoms with Crippen LogP contribution in [-0.4, -0.2) is 0 Å². The Hall–Kier alpha value is -0.520. The predicted molar refractivity (Wildman–Crippen MR) is 131 cm³/mol. The van der Waals surface area contributed by atoms with Crippen molar-refractivity contribution < 1.29 is 0 Å². The van der Waals surface area contributed by atoms with Gasteiger partial charge in [-0.25, -0.2) is 0 Å². The maximum absolute atomic E-state index is 4.59. The molecule has 0 N–H and O–H groups in total. The van der Waals surface area contributed by atoms with E-state index in [4.69, 9.17) is 0 Å². The molecule has 4 saturated carbocycles. The van der Waals surface area contributed by atoms with Crippen LogP contribution in [0.25, 0.3) is 0 Å². The Labute approximate surface area is 188 Å². The molecule has 4 rings (SSSR count). The van der Waals surface area contributed by atoms with Crippen molar-refractivity contribution in [3.8, 4) is 0 Å². The average Bonchev–Trinajstić information content (AvgIpc) is 2.99. The molecule has 4 aliphatic rings. The summed E-state index contributed by atoms with van der Waals surface area (Å²) in [6.07, 6.45) is 19.0. The highest BCUT2D eigenvalue weighted by atomic mass is 14.7. The largest absolute Gasteiger partial charge is 0.0955 e. The molecule has 0 aromatic rings. The standard InChI is InChI=1S/C30H50/c1-21(2)11-9-12-22(3)23-15-19-29(7)24(23)13-14-26-28(6)18-10-17-27(4,5)25(28)16-20-30(26,29)8/h9,12,21,23-26H,3,10-11,13-20H2,1-2,4-8H3/b12-9+/t23-,24-,25+,26-,28+,29-,30-/m1/s1. The molecule has 0 amide bonds. The molecule has 0 radical (unpaired) electrons. The summed E-state index contributed by atoms with van der Waals surface area (Å²) < 4.78 is 0. The molecule has 170 valence electrons. The van der Waals surface area contributed by atoms with Crippen molar-refractivity contribution in [3.05, 3.63) is 24.3 Å². The van der Waals surface area contributed by atoms with E-state index in [-0.39, 0.29) is 0 Å². The van der Waals surface area contributed by atoms with Gasteiger partial charge in [-0.2, -0.15) is 0 Å². The van der Waals surface area contributed by atoms with Gasteiger partial charge in [-0.05, 0) is 109 Å². The Balaban J connectivity index is 1.60. The molecule has 7 atom stereocenters. The van der Waals surface area contributed by atoms with E-state index in [1.807, 2.05) is 0 Å². The molecule has 0 aliphatic heterocycles. The van der Waals surface area contributed by atoms with Crippen LogP contribution in [0.5, 0.6) is 0 Å². The van der Waals surface area contributed by atoms with Crippen LogP contribution >= 0.6 is 0 Å². The Morgan fingerprint density at radius 3 is 2.27 bits per heavy atom. The van der Waals surface area contributed by atoms with Crippen LogP contribution in [0.3, 0.4) is 0 Å². The smallest absolute Gasteiger partial charge is 0.0134 e. The Bertz CT molecular complexity index is 695. The molecule has 4 fully saturated rings. The second-order valence-corrected chi connectivity index (χ2v) is 13.8. The lowest BCUT2D eigenvalue weighted by atomic mass is 9.36. The van der Waals surface area contributed by atoms with Crippen LogP contribution < -0.4 is 0 Å². The van der Waals surface area contributed by atoms with Crippen molar-refractivity contribution in [1.82, 2.24) is 0 Å². The van der Waals surface area contributed by atoms with Gasteiger partial charge in [0.15, 0.2) is 0 Å². The van der Waals surface area contributed by atoms with Gasteiger partial charge in [0.1, 0.15) is 0 Å². The lowest BCUT2D eigenvalue weighted by Gasteiger charge is -2.69. The van der Waals surface area contributed by atoms with Crippen LogP contribution in [0.2, 0.25) is 0 Å². The number of hydrogen-bond acceptors (Lipinski definition) is 0. The third-order valence-corrected chi connectivity index (χ3v) is 11.6. The summed E-state index contributed by atoms with van der Waals surface area (Å²) in [5.41, 5.74) is 3.57. The maximum atomic E-state index is 4.59. The summed E-state index contributed by atoms with van der Waals surface area (Å²) in [6, 6.07) is 0. The molecule has 0 aromatic carbocycles. The fraction of sp³-hybridized carbons (Fsp3) is 0.867. The molecule has 0 heterocycles. The van der Waals surface area contributed by atoms with Gasteiger partial charge in [-0.15, -0.1) is 0 Å². The van der Waals surface area contributed by atoms with E-state index in [0.717, 1.165) is 29.6 Å². The van der Waals surface area contributed by atoms with Crippen LogP contribution in [0, 0.1) is 51.2 Å². The molecule has 0 heteroatoms. The summed E-state index contributed by atoms with van der Waals surface area (Å²) in [4.78, 5) is 0. The molecule has 4 aliphatic carbocycles. The lowest BCUT2D eigenvalue weighted by Crippen LogP contribution is -2.62. The molecular weight excluding hydrogens is 360 g/mol. The zero-order valence-corrected chi connectivity index (χ0v) is 21.3. The first-order valence-corrected chi connectivity index (χ1v) is 13.3. The van der Waals surface area contributed by atoms with Crippen molar-refractivity contribution in [2.75, 3.05) is 0 Å². The fourth-order valence-corrected chi connectivity index (χ4v) is 9.90. The van der Waals surface area contributed by atoms with Crippen LogP contribution in [-0.2, 0) is 0 Å². The number of hydrogen-bond donors (Lipinski definition) is 0. The van der Waals surface area contributed by atoms with E-state index < -0.39 is 0 Å². The fourth-order valence-electron chi connectivity index (χ4n) is 9.90. The summed E-state index contributed by atoms with van der Waals surface area (Å²) in [5, 5.41) is 0. The van der Waals surface area contributed by atoms with E-state index in [2.05, 4.69) is 67.2 Å². The number of allylic oxidation sites excluding steroid dienone is 3. The van der Waals surface area contributed by atoms with E-state index in [1.54, 1.807) is 0 Å². The average molecular weight is 411 g/mol. The first-order chi connectivity index (χ1) is 14.0. The Morgan fingerprint density at radius 2 is 1.57 bits per heavy atom. The van der Waals surface area contributed by atoms with Gasteiger partial charge in [0.2, 0.25) is 0 Å². The minimum atomic E-state index is 0.505. The summed E-state index contributed by atoms with van der Waals surface area (Å²) >= 11 is 0.